The first kappa shape index (κ1) is 16.1. The van der Waals surface area contributed by atoms with Crippen molar-refractivity contribution in [2.24, 2.45) is 5.73 Å². The molecule has 21 heavy (non-hydrogen) atoms. The van der Waals surface area contributed by atoms with E-state index in [9.17, 15) is 4.39 Å². The van der Waals surface area contributed by atoms with Crippen LogP contribution in [0.2, 0.25) is 0 Å². The number of aryl methyl sites for hydroxylation is 1. The fourth-order valence-electron chi connectivity index (χ4n) is 2.35. The van der Waals surface area contributed by atoms with E-state index in [1.54, 1.807) is 17.8 Å². The second-order valence-corrected chi connectivity index (χ2v) is 6.44. The van der Waals surface area contributed by atoms with E-state index in [1.807, 2.05) is 19.1 Å². The van der Waals surface area contributed by atoms with Crippen LogP contribution in [-0.2, 0) is 5.75 Å². The van der Waals surface area contributed by atoms with Crippen LogP contribution < -0.4 is 5.73 Å². The third-order valence-electron chi connectivity index (χ3n) is 3.58. The molecule has 2 unspecified atom stereocenters. The van der Waals surface area contributed by atoms with Crippen LogP contribution in [0.25, 0.3) is 0 Å². The number of benzene rings is 2. The van der Waals surface area contributed by atoms with E-state index in [1.165, 1.54) is 17.2 Å². The van der Waals surface area contributed by atoms with E-state index in [4.69, 9.17) is 5.73 Å². The molecule has 0 saturated carbocycles. The zero-order valence-electron chi connectivity index (χ0n) is 12.6. The minimum atomic E-state index is -0.164. The first-order valence-electron chi connectivity index (χ1n) is 7.29. The lowest BCUT2D eigenvalue weighted by Gasteiger charge is -2.23. The van der Waals surface area contributed by atoms with E-state index in [-0.39, 0.29) is 17.1 Å². The van der Waals surface area contributed by atoms with Gasteiger partial charge in [-0.2, -0.15) is 0 Å². The molecule has 2 rings (SSSR count). The van der Waals surface area contributed by atoms with Gasteiger partial charge in [0.1, 0.15) is 5.82 Å². The van der Waals surface area contributed by atoms with Gasteiger partial charge in [-0.25, -0.2) is 4.39 Å². The molecule has 0 aliphatic heterocycles. The zero-order chi connectivity index (χ0) is 15.2. The summed E-state index contributed by atoms with van der Waals surface area (Å²) in [6.07, 6.45) is 0.833. The largest absolute Gasteiger partial charge is 0.326 e. The molecule has 3 heteroatoms. The highest BCUT2D eigenvalue weighted by Crippen LogP contribution is 2.36. The Bertz CT molecular complexity index is 585. The molecule has 0 aliphatic rings. The Hall–Kier alpha value is -1.32. The van der Waals surface area contributed by atoms with Crippen LogP contribution in [0.4, 0.5) is 4.39 Å². The lowest BCUT2D eigenvalue weighted by Crippen LogP contribution is -2.26. The Balaban J connectivity index is 2.16. The van der Waals surface area contributed by atoms with Gasteiger partial charge in [-0.05, 0) is 25.0 Å². The molecule has 2 aromatic rings. The number of hydrogen-bond donors (Lipinski definition) is 1. The molecule has 0 saturated heterocycles. The van der Waals surface area contributed by atoms with Crippen molar-refractivity contribution < 1.29 is 4.39 Å². The third kappa shape index (κ3) is 4.32. The van der Waals surface area contributed by atoms with E-state index in [0.717, 1.165) is 12.2 Å². The van der Waals surface area contributed by atoms with Gasteiger partial charge in [-0.1, -0.05) is 55.0 Å². The summed E-state index contributed by atoms with van der Waals surface area (Å²) in [5, 5.41) is -0.0169. The van der Waals surface area contributed by atoms with Gasteiger partial charge < -0.3 is 5.73 Å². The normalized spacial score (nSPS) is 13.9. The summed E-state index contributed by atoms with van der Waals surface area (Å²) in [4.78, 5) is 0. The van der Waals surface area contributed by atoms with Gasteiger partial charge in [0, 0.05) is 22.6 Å². The molecule has 0 radical (unpaired) electrons. The summed E-state index contributed by atoms with van der Waals surface area (Å²) < 4.78 is 14.1. The lowest BCUT2D eigenvalue weighted by molar-refractivity contribution is 0.572. The van der Waals surface area contributed by atoms with Crippen molar-refractivity contribution in [3.63, 3.8) is 0 Å². The average Bonchev–Trinajstić information content (AvgIpc) is 2.49. The average molecular weight is 303 g/mol. The molecule has 1 nitrogen and oxygen atoms in total. The molecule has 0 spiro atoms. The number of halogens is 1. The number of hydrogen-bond acceptors (Lipinski definition) is 2. The Labute approximate surface area is 130 Å². The molecule has 0 aliphatic carbocycles. The van der Waals surface area contributed by atoms with Gasteiger partial charge in [0.15, 0.2) is 0 Å². The van der Waals surface area contributed by atoms with Crippen molar-refractivity contribution in [2.75, 3.05) is 0 Å². The van der Waals surface area contributed by atoms with Gasteiger partial charge in [0.25, 0.3) is 0 Å². The first-order chi connectivity index (χ1) is 10.1. The van der Waals surface area contributed by atoms with Crippen molar-refractivity contribution in [1.29, 1.82) is 0 Å². The summed E-state index contributed by atoms with van der Waals surface area (Å²) in [6.45, 7) is 4.13. The third-order valence-corrected chi connectivity index (χ3v) is 5.05. The monoisotopic (exact) mass is 303 g/mol. The second kappa shape index (κ2) is 7.62. The van der Waals surface area contributed by atoms with Gasteiger partial charge in [0.05, 0.1) is 0 Å². The van der Waals surface area contributed by atoms with Crippen molar-refractivity contribution in [3.8, 4) is 0 Å². The molecule has 2 aromatic carbocycles. The maximum Gasteiger partial charge on any atom is 0.127 e. The van der Waals surface area contributed by atoms with Crippen LogP contribution in [0.1, 0.15) is 35.3 Å². The predicted octanol–water partition coefficient (Wildman–Crippen LogP) is 4.85. The quantitative estimate of drug-likeness (QED) is 0.826. The number of rotatable bonds is 6. The van der Waals surface area contributed by atoms with Gasteiger partial charge in [-0.15, -0.1) is 11.8 Å². The van der Waals surface area contributed by atoms with Crippen LogP contribution >= 0.6 is 11.8 Å². The predicted molar refractivity (Wildman–Crippen MR) is 89.9 cm³/mol. The fourth-order valence-corrected chi connectivity index (χ4v) is 3.71. The van der Waals surface area contributed by atoms with Crippen molar-refractivity contribution in [3.05, 3.63) is 71.0 Å². The molecule has 2 atom stereocenters. The van der Waals surface area contributed by atoms with E-state index in [0.29, 0.717) is 5.56 Å². The molecule has 0 fully saturated rings. The molecule has 112 valence electrons. The minimum absolute atomic E-state index is 0.0169. The molecular formula is C18H22FNS. The van der Waals surface area contributed by atoms with Gasteiger partial charge >= 0.3 is 0 Å². The van der Waals surface area contributed by atoms with E-state index >= 15 is 0 Å². The highest BCUT2D eigenvalue weighted by Gasteiger charge is 2.22. The summed E-state index contributed by atoms with van der Waals surface area (Å²) in [7, 11) is 0. The van der Waals surface area contributed by atoms with Crippen molar-refractivity contribution in [2.45, 2.75) is 37.3 Å². The van der Waals surface area contributed by atoms with Crippen LogP contribution in [0.5, 0.6) is 0 Å². The molecular weight excluding hydrogens is 281 g/mol. The second-order valence-electron chi connectivity index (χ2n) is 5.31. The Morgan fingerprint density at radius 2 is 1.90 bits per heavy atom. The minimum Gasteiger partial charge on any atom is -0.326 e. The Morgan fingerprint density at radius 3 is 2.57 bits per heavy atom. The van der Waals surface area contributed by atoms with Gasteiger partial charge in [0.2, 0.25) is 0 Å². The van der Waals surface area contributed by atoms with Crippen LogP contribution in [-0.4, -0.2) is 6.04 Å². The zero-order valence-corrected chi connectivity index (χ0v) is 13.4. The maximum absolute atomic E-state index is 14.1. The smallest absolute Gasteiger partial charge is 0.127 e. The highest BCUT2D eigenvalue weighted by molar-refractivity contribution is 7.98. The first-order valence-corrected chi connectivity index (χ1v) is 8.34. The van der Waals surface area contributed by atoms with Gasteiger partial charge in [-0.3, -0.25) is 0 Å². The summed E-state index contributed by atoms with van der Waals surface area (Å²) in [6, 6.07) is 15.3. The Morgan fingerprint density at radius 1 is 1.14 bits per heavy atom. The maximum atomic E-state index is 14.1. The number of nitrogens with two attached hydrogens (primary N) is 1. The van der Waals surface area contributed by atoms with Crippen LogP contribution in [0.15, 0.2) is 48.5 Å². The summed E-state index contributed by atoms with van der Waals surface area (Å²) >= 11 is 1.72. The molecule has 0 amide bonds. The molecule has 0 aromatic heterocycles. The topological polar surface area (TPSA) is 26.0 Å². The summed E-state index contributed by atoms with van der Waals surface area (Å²) in [5.74, 6) is 0.678. The Kier molecular flexibility index (Phi) is 5.83. The van der Waals surface area contributed by atoms with E-state index in [2.05, 4.69) is 31.2 Å². The SMILES string of the molecule is CCC(N)C(SCc1cccc(C)c1)c1ccccc1F. The summed E-state index contributed by atoms with van der Waals surface area (Å²) in [5.41, 5.74) is 9.44. The standard InChI is InChI=1S/C18H22FNS/c1-3-17(20)18(15-9-4-5-10-16(15)19)21-12-14-8-6-7-13(2)11-14/h4-11,17-18H,3,12,20H2,1-2H3. The van der Waals surface area contributed by atoms with Crippen molar-refractivity contribution >= 4 is 11.8 Å². The van der Waals surface area contributed by atoms with Crippen molar-refractivity contribution in [1.82, 2.24) is 0 Å². The fraction of sp³-hybridized carbons (Fsp3) is 0.333. The highest BCUT2D eigenvalue weighted by atomic mass is 32.2. The lowest BCUT2D eigenvalue weighted by atomic mass is 10.0. The van der Waals surface area contributed by atoms with Crippen LogP contribution in [0.3, 0.4) is 0 Å². The number of thioether (sulfide) groups is 1. The molecule has 0 heterocycles. The van der Waals surface area contributed by atoms with E-state index < -0.39 is 0 Å². The molecule has 0 bridgehead atoms. The molecule has 2 N–H and O–H groups in total. The van der Waals surface area contributed by atoms with Crippen LogP contribution in [0, 0.1) is 12.7 Å².